The van der Waals surface area contributed by atoms with Gasteiger partial charge < -0.3 is 15.3 Å². The minimum atomic E-state index is -0.635. The van der Waals surface area contributed by atoms with Gasteiger partial charge in [-0.1, -0.05) is 6.42 Å². The molecule has 0 spiro atoms. The summed E-state index contributed by atoms with van der Waals surface area (Å²) in [7, 11) is 0. The standard InChI is InChI=1S/C19H23N3O4/c20-17(24)11-15(13-4-6-21-7-5-13)19-18(25)16(23)10-14(26-19)12-22-8-2-1-3-9-22/h4-7,10,15,25H,1-3,8-9,11-12H2,(H2,20,24)/t15-/m1/s1. The van der Waals surface area contributed by atoms with Gasteiger partial charge in [0.1, 0.15) is 5.76 Å². The number of rotatable bonds is 6. The highest BCUT2D eigenvalue weighted by molar-refractivity contribution is 5.75. The molecule has 7 heteroatoms. The number of aromatic hydroxyl groups is 1. The van der Waals surface area contributed by atoms with E-state index >= 15 is 0 Å². The highest BCUT2D eigenvalue weighted by Crippen LogP contribution is 2.32. The number of carbonyl (C=O) groups is 1. The minimum absolute atomic E-state index is 0.0757. The van der Waals surface area contributed by atoms with Crippen LogP contribution in [0.4, 0.5) is 0 Å². The predicted octanol–water partition coefficient (Wildman–Crippen LogP) is 1.73. The van der Waals surface area contributed by atoms with E-state index in [4.69, 9.17) is 10.2 Å². The van der Waals surface area contributed by atoms with Crippen LogP contribution in [-0.4, -0.2) is 34.0 Å². The van der Waals surface area contributed by atoms with Crippen molar-refractivity contribution >= 4 is 5.91 Å². The van der Waals surface area contributed by atoms with E-state index in [-0.39, 0.29) is 12.2 Å². The number of likely N-dealkylation sites (tertiary alicyclic amines) is 1. The molecule has 1 aliphatic rings. The Balaban J connectivity index is 1.97. The van der Waals surface area contributed by atoms with E-state index in [1.807, 2.05) is 0 Å². The lowest BCUT2D eigenvalue weighted by atomic mass is 9.92. The predicted molar refractivity (Wildman–Crippen MR) is 95.7 cm³/mol. The van der Waals surface area contributed by atoms with Gasteiger partial charge >= 0.3 is 0 Å². The Labute approximate surface area is 151 Å². The molecule has 1 amide bonds. The molecule has 26 heavy (non-hydrogen) atoms. The number of hydrogen-bond acceptors (Lipinski definition) is 6. The molecule has 3 rings (SSSR count). The fourth-order valence-electron chi connectivity index (χ4n) is 3.37. The van der Waals surface area contributed by atoms with Gasteiger partial charge in [-0.05, 0) is 43.6 Å². The van der Waals surface area contributed by atoms with E-state index in [1.54, 1.807) is 24.5 Å². The van der Waals surface area contributed by atoms with Gasteiger partial charge in [0.15, 0.2) is 5.76 Å². The molecule has 0 aliphatic carbocycles. The first-order valence-corrected chi connectivity index (χ1v) is 8.81. The fourth-order valence-corrected chi connectivity index (χ4v) is 3.37. The van der Waals surface area contributed by atoms with Crippen molar-refractivity contribution in [2.75, 3.05) is 13.1 Å². The maximum atomic E-state index is 12.3. The zero-order valence-corrected chi connectivity index (χ0v) is 14.6. The van der Waals surface area contributed by atoms with Crippen LogP contribution in [0.1, 0.15) is 48.7 Å². The van der Waals surface area contributed by atoms with E-state index in [0.29, 0.717) is 17.9 Å². The Bertz CT molecular complexity index is 813. The first-order chi connectivity index (χ1) is 12.5. The molecule has 1 fully saturated rings. The van der Waals surface area contributed by atoms with Crippen LogP contribution >= 0.6 is 0 Å². The third kappa shape index (κ3) is 4.29. The van der Waals surface area contributed by atoms with E-state index in [9.17, 15) is 14.7 Å². The largest absolute Gasteiger partial charge is 0.502 e. The lowest BCUT2D eigenvalue weighted by molar-refractivity contribution is -0.118. The Kier molecular flexibility index (Phi) is 5.68. The van der Waals surface area contributed by atoms with Crippen molar-refractivity contribution in [3.8, 4) is 5.75 Å². The summed E-state index contributed by atoms with van der Waals surface area (Å²) in [5.74, 6) is -1.10. The highest BCUT2D eigenvalue weighted by atomic mass is 16.4. The van der Waals surface area contributed by atoms with Gasteiger partial charge in [-0.25, -0.2) is 0 Å². The second-order valence-electron chi connectivity index (χ2n) is 6.63. The number of amides is 1. The van der Waals surface area contributed by atoms with Crippen molar-refractivity contribution in [3.63, 3.8) is 0 Å². The Hall–Kier alpha value is -2.67. The molecule has 1 saturated heterocycles. The number of piperidine rings is 1. The molecular weight excluding hydrogens is 334 g/mol. The van der Waals surface area contributed by atoms with Crippen molar-refractivity contribution in [3.05, 3.63) is 57.9 Å². The van der Waals surface area contributed by atoms with Gasteiger partial charge in [0.25, 0.3) is 0 Å². The van der Waals surface area contributed by atoms with Gasteiger partial charge in [-0.2, -0.15) is 0 Å². The van der Waals surface area contributed by atoms with Crippen LogP contribution in [-0.2, 0) is 11.3 Å². The summed E-state index contributed by atoms with van der Waals surface area (Å²) in [5.41, 5.74) is 5.57. The SMILES string of the molecule is NC(=O)C[C@H](c1ccncc1)c1oc(CN2CCCCC2)cc(=O)c1O. The summed E-state index contributed by atoms with van der Waals surface area (Å²) in [5, 5.41) is 10.3. The number of nitrogens with zero attached hydrogens (tertiary/aromatic N) is 2. The molecule has 0 bridgehead atoms. The minimum Gasteiger partial charge on any atom is -0.502 e. The molecule has 3 N–H and O–H groups in total. The molecule has 2 aromatic heterocycles. The molecule has 3 heterocycles. The van der Waals surface area contributed by atoms with Crippen LogP contribution in [0.15, 0.2) is 39.8 Å². The second-order valence-corrected chi connectivity index (χ2v) is 6.63. The second kappa shape index (κ2) is 8.14. The van der Waals surface area contributed by atoms with E-state index < -0.39 is 23.0 Å². The number of pyridine rings is 1. The van der Waals surface area contributed by atoms with Crippen molar-refractivity contribution in [1.29, 1.82) is 0 Å². The number of aromatic nitrogens is 1. The highest BCUT2D eigenvalue weighted by Gasteiger charge is 2.25. The average molecular weight is 357 g/mol. The average Bonchev–Trinajstić information content (AvgIpc) is 2.64. The molecule has 0 aromatic carbocycles. The Morgan fingerprint density at radius 2 is 1.96 bits per heavy atom. The van der Waals surface area contributed by atoms with Crippen LogP contribution < -0.4 is 11.2 Å². The van der Waals surface area contributed by atoms with Crippen LogP contribution in [0, 0.1) is 0 Å². The monoisotopic (exact) mass is 357 g/mol. The van der Waals surface area contributed by atoms with Crippen molar-refractivity contribution in [2.24, 2.45) is 5.73 Å². The van der Waals surface area contributed by atoms with Gasteiger partial charge in [0.2, 0.25) is 17.1 Å². The van der Waals surface area contributed by atoms with Crippen LogP contribution in [0.3, 0.4) is 0 Å². The van der Waals surface area contributed by atoms with Crippen LogP contribution in [0.25, 0.3) is 0 Å². The van der Waals surface area contributed by atoms with E-state index in [1.165, 1.54) is 12.5 Å². The molecule has 2 aromatic rings. The normalized spacial score (nSPS) is 16.3. The maximum absolute atomic E-state index is 12.3. The summed E-state index contributed by atoms with van der Waals surface area (Å²) >= 11 is 0. The number of hydrogen-bond donors (Lipinski definition) is 2. The van der Waals surface area contributed by atoms with E-state index in [2.05, 4.69) is 9.88 Å². The summed E-state index contributed by atoms with van der Waals surface area (Å²) in [4.78, 5) is 30.0. The Morgan fingerprint density at radius 1 is 1.27 bits per heavy atom. The van der Waals surface area contributed by atoms with Gasteiger partial charge in [-0.3, -0.25) is 19.5 Å². The van der Waals surface area contributed by atoms with Crippen LogP contribution in [0.2, 0.25) is 0 Å². The number of nitrogens with two attached hydrogens (primary N) is 1. The zero-order chi connectivity index (χ0) is 18.5. The topological polar surface area (TPSA) is 110 Å². The smallest absolute Gasteiger partial charge is 0.227 e. The van der Waals surface area contributed by atoms with Crippen molar-refractivity contribution < 1.29 is 14.3 Å². The summed E-state index contributed by atoms with van der Waals surface area (Å²) in [6.07, 6.45) is 6.54. The number of primary amides is 1. The molecular formula is C19H23N3O4. The number of carbonyl (C=O) groups excluding carboxylic acids is 1. The molecule has 1 atom stereocenters. The quantitative estimate of drug-likeness (QED) is 0.815. The summed E-state index contributed by atoms with van der Waals surface area (Å²) in [6.45, 7) is 2.41. The maximum Gasteiger partial charge on any atom is 0.227 e. The summed E-state index contributed by atoms with van der Waals surface area (Å²) < 4.78 is 5.89. The lowest BCUT2D eigenvalue weighted by Gasteiger charge is -2.26. The first-order valence-electron chi connectivity index (χ1n) is 8.81. The molecule has 0 unspecified atom stereocenters. The lowest BCUT2D eigenvalue weighted by Crippen LogP contribution is -2.29. The zero-order valence-electron chi connectivity index (χ0n) is 14.6. The molecule has 0 radical (unpaired) electrons. The summed E-state index contributed by atoms with van der Waals surface area (Å²) in [6, 6.07) is 4.75. The molecule has 0 saturated carbocycles. The molecule has 1 aliphatic heterocycles. The fraction of sp³-hybridized carbons (Fsp3) is 0.421. The first kappa shape index (κ1) is 18.1. The van der Waals surface area contributed by atoms with Gasteiger partial charge in [-0.15, -0.1) is 0 Å². The Morgan fingerprint density at radius 3 is 2.62 bits per heavy atom. The third-order valence-corrected chi connectivity index (χ3v) is 4.66. The van der Waals surface area contributed by atoms with Gasteiger partial charge in [0, 0.05) is 24.9 Å². The third-order valence-electron chi connectivity index (χ3n) is 4.66. The molecule has 138 valence electrons. The van der Waals surface area contributed by atoms with E-state index in [0.717, 1.165) is 25.9 Å². The van der Waals surface area contributed by atoms with Gasteiger partial charge in [0.05, 0.1) is 12.5 Å². The van der Waals surface area contributed by atoms with Crippen LogP contribution in [0.5, 0.6) is 5.75 Å². The molecule has 7 nitrogen and oxygen atoms in total. The van der Waals surface area contributed by atoms with Crippen molar-refractivity contribution in [2.45, 2.75) is 38.1 Å². The van der Waals surface area contributed by atoms with Crippen molar-refractivity contribution in [1.82, 2.24) is 9.88 Å².